The van der Waals surface area contributed by atoms with E-state index in [1.807, 2.05) is 0 Å². The molecule has 0 bridgehead atoms. The summed E-state index contributed by atoms with van der Waals surface area (Å²) in [6.07, 6.45) is 4.14. The van der Waals surface area contributed by atoms with E-state index in [1.165, 1.54) is 19.3 Å². The first-order valence-electron chi connectivity index (χ1n) is 9.53. The van der Waals surface area contributed by atoms with Crippen molar-refractivity contribution in [1.29, 1.82) is 0 Å². The van der Waals surface area contributed by atoms with Crippen LogP contribution in [-0.2, 0) is 0 Å². The van der Waals surface area contributed by atoms with Gasteiger partial charge in [0.15, 0.2) is 0 Å². The van der Waals surface area contributed by atoms with Gasteiger partial charge in [0.25, 0.3) is 0 Å². The number of hydrogen-bond donors (Lipinski definition) is 0. The van der Waals surface area contributed by atoms with Gasteiger partial charge in [0, 0.05) is 5.40 Å². The highest BCUT2D eigenvalue weighted by atomic mass is 31.2. The predicted octanol–water partition coefficient (Wildman–Crippen LogP) is 8.66. The van der Waals surface area contributed by atoms with Gasteiger partial charge in [-0.1, -0.05) is 119 Å². The summed E-state index contributed by atoms with van der Waals surface area (Å²) in [5, 5.41) is 2.58. The van der Waals surface area contributed by atoms with E-state index in [-0.39, 0.29) is 15.8 Å². The van der Waals surface area contributed by atoms with Crippen LogP contribution >= 0.6 is 15.8 Å². The van der Waals surface area contributed by atoms with Crippen LogP contribution in [0.25, 0.3) is 0 Å². The van der Waals surface area contributed by atoms with E-state index in [0.717, 1.165) is 5.40 Å². The first-order chi connectivity index (χ1) is 9.94. The Morgan fingerprint density at radius 1 is 0.565 bits per heavy atom. The Kier molecular flexibility index (Phi) is 8.34. The fourth-order valence-corrected chi connectivity index (χ4v) is 18.1. The number of hydrogen-bond acceptors (Lipinski definition) is 0. The molecule has 0 N–H and O–H groups in total. The molecule has 0 spiro atoms. The molecule has 0 saturated carbocycles. The minimum absolute atomic E-state index is 0.0569. The van der Waals surface area contributed by atoms with Crippen molar-refractivity contribution >= 4 is 15.8 Å². The Bertz CT molecular complexity index is 284. The predicted molar refractivity (Wildman–Crippen MR) is 116 cm³/mol. The average Bonchev–Trinajstić information content (AvgIpc) is 2.17. The minimum atomic E-state index is -0.0569. The molecule has 2 heteroatoms. The van der Waals surface area contributed by atoms with Gasteiger partial charge in [-0.25, -0.2) is 0 Å². The van der Waals surface area contributed by atoms with Gasteiger partial charge < -0.3 is 0 Å². The summed E-state index contributed by atoms with van der Waals surface area (Å²) in [4.78, 5) is 0. The molecule has 0 unspecified atom stereocenters. The maximum Gasteiger partial charge on any atom is 0.00129 e. The molecule has 0 aromatic carbocycles. The molecule has 0 saturated heterocycles. The van der Waals surface area contributed by atoms with Crippen molar-refractivity contribution in [2.75, 3.05) is 0 Å². The molecule has 0 radical (unpaired) electrons. The Labute approximate surface area is 151 Å². The van der Waals surface area contributed by atoms with Crippen molar-refractivity contribution in [1.82, 2.24) is 0 Å². The SMILES string of the molecule is CCCCC(P(C(C)(C)C)C(C)(C)C)P(C(C)(C)C)C(C)(C)C. The van der Waals surface area contributed by atoms with Gasteiger partial charge in [0.05, 0.1) is 0 Å². The van der Waals surface area contributed by atoms with Gasteiger partial charge in [0.1, 0.15) is 0 Å². The maximum absolute atomic E-state index is 2.50. The van der Waals surface area contributed by atoms with Gasteiger partial charge in [-0.15, -0.1) is 0 Å². The van der Waals surface area contributed by atoms with Gasteiger partial charge in [-0.2, -0.15) is 0 Å². The molecule has 0 atom stereocenters. The maximum atomic E-state index is 2.50. The average molecular weight is 361 g/mol. The van der Waals surface area contributed by atoms with Crippen LogP contribution in [-0.4, -0.2) is 26.0 Å². The van der Waals surface area contributed by atoms with Gasteiger partial charge in [-0.05, 0) is 27.0 Å². The Morgan fingerprint density at radius 3 is 1.00 bits per heavy atom. The van der Waals surface area contributed by atoms with Gasteiger partial charge in [-0.3, -0.25) is 0 Å². The summed E-state index contributed by atoms with van der Waals surface area (Å²) >= 11 is 0. The minimum Gasteiger partial charge on any atom is -0.0880 e. The van der Waals surface area contributed by atoms with Crippen molar-refractivity contribution in [2.45, 2.75) is 135 Å². The van der Waals surface area contributed by atoms with Crippen molar-refractivity contribution in [3.05, 3.63) is 0 Å². The van der Waals surface area contributed by atoms with E-state index in [9.17, 15) is 0 Å². The van der Waals surface area contributed by atoms with Crippen LogP contribution in [0.2, 0.25) is 0 Å². The van der Waals surface area contributed by atoms with Gasteiger partial charge in [0.2, 0.25) is 0 Å². The van der Waals surface area contributed by atoms with Crippen molar-refractivity contribution in [2.24, 2.45) is 0 Å². The third-order valence-corrected chi connectivity index (χ3v) is 13.2. The fraction of sp³-hybridized carbons (Fsp3) is 1.00. The zero-order chi connectivity index (χ0) is 18.9. The molecular weight excluding hydrogens is 314 g/mol. The summed E-state index contributed by atoms with van der Waals surface area (Å²) in [7, 11) is -0.114. The highest BCUT2D eigenvalue weighted by molar-refractivity contribution is 7.78. The monoisotopic (exact) mass is 360 g/mol. The molecule has 140 valence electrons. The van der Waals surface area contributed by atoms with Crippen LogP contribution in [0, 0.1) is 0 Å². The highest BCUT2D eigenvalue weighted by Crippen LogP contribution is 2.77. The van der Waals surface area contributed by atoms with Crippen LogP contribution in [0.1, 0.15) is 109 Å². The lowest BCUT2D eigenvalue weighted by atomic mass is 10.2. The molecule has 0 nitrogen and oxygen atoms in total. The second kappa shape index (κ2) is 8.04. The summed E-state index contributed by atoms with van der Waals surface area (Å²) in [5.41, 5.74) is 0. The van der Waals surface area contributed by atoms with Gasteiger partial charge >= 0.3 is 0 Å². The van der Waals surface area contributed by atoms with Crippen LogP contribution in [0.5, 0.6) is 0 Å². The quantitative estimate of drug-likeness (QED) is 0.430. The van der Waals surface area contributed by atoms with Crippen molar-refractivity contribution in [3.8, 4) is 0 Å². The summed E-state index contributed by atoms with van der Waals surface area (Å²) in [6.45, 7) is 32.4. The standard InChI is InChI=1S/C21H46P2/c1-14-15-16-17(22(18(2,3)4)19(5,6)7)23(20(8,9)10)21(11,12)13/h17H,14-16H2,1-13H3. The molecule has 0 aliphatic rings. The molecule has 0 aromatic rings. The lowest BCUT2D eigenvalue weighted by Crippen LogP contribution is -2.37. The molecular formula is C21H46P2. The first-order valence-corrected chi connectivity index (χ1v) is 12.3. The Morgan fingerprint density at radius 2 is 0.826 bits per heavy atom. The normalized spacial score (nSPS) is 15.1. The Hall–Kier alpha value is 0.860. The number of rotatable bonds is 5. The fourth-order valence-electron chi connectivity index (χ4n) is 4.56. The van der Waals surface area contributed by atoms with Crippen molar-refractivity contribution in [3.63, 3.8) is 0 Å². The highest BCUT2D eigenvalue weighted by Gasteiger charge is 2.48. The summed E-state index contributed by atoms with van der Waals surface area (Å²) in [5.74, 6) is 0. The smallest absolute Gasteiger partial charge is 0.00129 e. The number of unbranched alkanes of at least 4 members (excludes halogenated alkanes) is 1. The zero-order valence-corrected chi connectivity index (χ0v) is 20.4. The second-order valence-electron chi connectivity index (χ2n) is 11.0. The van der Waals surface area contributed by atoms with E-state index < -0.39 is 0 Å². The Balaban J connectivity index is 6.16. The topological polar surface area (TPSA) is 0 Å². The van der Waals surface area contributed by atoms with E-state index in [2.05, 4.69) is 90.0 Å². The molecule has 0 rings (SSSR count). The summed E-state index contributed by atoms with van der Waals surface area (Å²) in [6, 6.07) is 0. The molecule has 0 fully saturated rings. The van der Waals surface area contributed by atoms with E-state index in [0.29, 0.717) is 20.6 Å². The zero-order valence-electron chi connectivity index (χ0n) is 18.6. The third kappa shape index (κ3) is 7.32. The third-order valence-electron chi connectivity index (χ3n) is 4.30. The van der Waals surface area contributed by atoms with E-state index in [1.54, 1.807) is 0 Å². The van der Waals surface area contributed by atoms with Crippen LogP contribution < -0.4 is 0 Å². The van der Waals surface area contributed by atoms with Crippen LogP contribution in [0.3, 0.4) is 0 Å². The molecule has 0 amide bonds. The van der Waals surface area contributed by atoms with E-state index >= 15 is 0 Å². The molecule has 0 aliphatic heterocycles. The first kappa shape index (κ1) is 23.9. The molecule has 0 aliphatic carbocycles. The van der Waals surface area contributed by atoms with E-state index in [4.69, 9.17) is 0 Å². The lowest BCUT2D eigenvalue weighted by molar-refractivity contribution is 0.651. The second-order valence-corrected chi connectivity index (χ2v) is 19.5. The molecule has 0 aromatic heterocycles. The van der Waals surface area contributed by atoms with Crippen LogP contribution in [0.4, 0.5) is 0 Å². The lowest BCUT2D eigenvalue weighted by Gasteiger charge is -2.55. The molecule has 0 heterocycles. The largest absolute Gasteiger partial charge is 0.0880 e. The molecule has 23 heavy (non-hydrogen) atoms. The van der Waals surface area contributed by atoms with Crippen molar-refractivity contribution < 1.29 is 0 Å². The van der Waals surface area contributed by atoms with Crippen LogP contribution in [0.15, 0.2) is 0 Å². The summed E-state index contributed by atoms with van der Waals surface area (Å²) < 4.78 is 0.